The van der Waals surface area contributed by atoms with Gasteiger partial charge in [0.05, 0.1) is 6.04 Å². The standard InChI is InChI=1S/C17H21N7O/c1-13(2)24-16(20-21-22-24)14-6-3-7-15(12-14)17(25)18-8-4-10-23-11-5-9-19-23/h3,5-7,9,11-13H,4,8,10H2,1-2H3,(H,18,25). The molecule has 0 aliphatic heterocycles. The summed E-state index contributed by atoms with van der Waals surface area (Å²) in [5.74, 6) is 0.550. The number of tetrazole rings is 1. The van der Waals surface area contributed by atoms with E-state index < -0.39 is 0 Å². The number of nitrogens with one attached hydrogen (secondary N) is 1. The molecule has 25 heavy (non-hydrogen) atoms. The first-order chi connectivity index (χ1) is 12.1. The Kier molecular flexibility index (Phi) is 5.17. The Morgan fingerprint density at radius 2 is 2.16 bits per heavy atom. The maximum Gasteiger partial charge on any atom is 0.251 e. The van der Waals surface area contributed by atoms with Gasteiger partial charge in [0, 0.05) is 36.6 Å². The van der Waals surface area contributed by atoms with E-state index in [1.54, 1.807) is 16.9 Å². The van der Waals surface area contributed by atoms with Gasteiger partial charge in [0.15, 0.2) is 5.82 Å². The molecule has 0 saturated heterocycles. The fourth-order valence-electron chi connectivity index (χ4n) is 2.51. The summed E-state index contributed by atoms with van der Waals surface area (Å²) in [5, 5.41) is 18.9. The third kappa shape index (κ3) is 4.09. The molecule has 0 fully saturated rings. The molecule has 130 valence electrons. The average molecular weight is 339 g/mol. The summed E-state index contributed by atoms with van der Waals surface area (Å²) in [6.45, 7) is 5.38. The van der Waals surface area contributed by atoms with Crippen molar-refractivity contribution in [2.24, 2.45) is 0 Å². The van der Waals surface area contributed by atoms with Crippen molar-refractivity contribution in [2.45, 2.75) is 32.9 Å². The van der Waals surface area contributed by atoms with Gasteiger partial charge in [-0.3, -0.25) is 9.48 Å². The second-order valence-electron chi connectivity index (χ2n) is 6.00. The van der Waals surface area contributed by atoms with Crippen molar-refractivity contribution in [2.75, 3.05) is 6.54 Å². The molecule has 0 atom stereocenters. The molecule has 2 aromatic heterocycles. The number of hydrogen-bond donors (Lipinski definition) is 1. The van der Waals surface area contributed by atoms with E-state index in [2.05, 4.69) is 25.9 Å². The molecule has 1 aromatic carbocycles. The number of amides is 1. The quantitative estimate of drug-likeness (QED) is 0.664. The first-order valence-corrected chi connectivity index (χ1v) is 8.29. The van der Waals surface area contributed by atoms with Crippen molar-refractivity contribution in [3.8, 4) is 11.4 Å². The third-order valence-corrected chi connectivity index (χ3v) is 3.77. The molecule has 0 bridgehead atoms. The number of hydrogen-bond acceptors (Lipinski definition) is 5. The lowest BCUT2D eigenvalue weighted by Crippen LogP contribution is -2.25. The maximum absolute atomic E-state index is 12.4. The number of nitrogens with zero attached hydrogens (tertiary/aromatic N) is 6. The zero-order valence-electron chi connectivity index (χ0n) is 14.3. The van der Waals surface area contributed by atoms with E-state index in [1.165, 1.54) is 0 Å². The first kappa shape index (κ1) is 16.8. The Balaban J connectivity index is 1.62. The highest BCUT2D eigenvalue weighted by Crippen LogP contribution is 2.20. The van der Waals surface area contributed by atoms with Crippen molar-refractivity contribution in [1.82, 2.24) is 35.3 Å². The van der Waals surface area contributed by atoms with Crippen molar-refractivity contribution >= 4 is 5.91 Å². The third-order valence-electron chi connectivity index (χ3n) is 3.77. The van der Waals surface area contributed by atoms with Crippen LogP contribution in [-0.2, 0) is 6.54 Å². The molecule has 0 unspecified atom stereocenters. The van der Waals surface area contributed by atoms with Gasteiger partial charge in [0.2, 0.25) is 0 Å². The van der Waals surface area contributed by atoms with Crippen LogP contribution in [0.1, 0.15) is 36.7 Å². The van der Waals surface area contributed by atoms with Crippen molar-refractivity contribution < 1.29 is 4.79 Å². The summed E-state index contributed by atoms with van der Waals surface area (Å²) in [4.78, 5) is 12.4. The normalized spacial score (nSPS) is 11.0. The van der Waals surface area contributed by atoms with E-state index >= 15 is 0 Å². The molecule has 8 nitrogen and oxygen atoms in total. The van der Waals surface area contributed by atoms with Gasteiger partial charge in [-0.2, -0.15) is 5.10 Å². The summed E-state index contributed by atoms with van der Waals surface area (Å²) in [6.07, 6.45) is 4.47. The van der Waals surface area contributed by atoms with E-state index in [0.717, 1.165) is 18.5 Å². The highest BCUT2D eigenvalue weighted by atomic mass is 16.1. The molecule has 0 aliphatic carbocycles. The summed E-state index contributed by atoms with van der Waals surface area (Å²) >= 11 is 0. The molecular formula is C17H21N7O. The Morgan fingerprint density at radius 1 is 1.28 bits per heavy atom. The Morgan fingerprint density at radius 3 is 2.92 bits per heavy atom. The minimum absolute atomic E-state index is 0.106. The number of carbonyl (C=O) groups is 1. The minimum Gasteiger partial charge on any atom is -0.352 e. The first-order valence-electron chi connectivity index (χ1n) is 8.29. The van der Waals surface area contributed by atoms with Gasteiger partial charge in [0.1, 0.15) is 0 Å². The average Bonchev–Trinajstić information content (AvgIpc) is 3.30. The second kappa shape index (κ2) is 7.69. The van der Waals surface area contributed by atoms with Crippen LogP contribution in [0.4, 0.5) is 0 Å². The van der Waals surface area contributed by atoms with Gasteiger partial charge in [-0.15, -0.1) is 5.10 Å². The van der Waals surface area contributed by atoms with Gasteiger partial charge in [-0.05, 0) is 48.9 Å². The van der Waals surface area contributed by atoms with Crippen LogP contribution in [0.25, 0.3) is 11.4 Å². The number of aromatic nitrogens is 6. The van der Waals surface area contributed by atoms with E-state index in [9.17, 15) is 4.79 Å². The lowest BCUT2D eigenvalue weighted by Gasteiger charge is -2.09. The van der Waals surface area contributed by atoms with E-state index in [4.69, 9.17) is 0 Å². The zero-order chi connectivity index (χ0) is 17.6. The lowest BCUT2D eigenvalue weighted by molar-refractivity contribution is 0.0952. The van der Waals surface area contributed by atoms with Crippen LogP contribution in [0.5, 0.6) is 0 Å². The number of aryl methyl sites for hydroxylation is 1. The minimum atomic E-state index is -0.106. The van der Waals surface area contributed by atoms with Crippen LogP contribution in [-0.4, -0.2) is 42.4 Å². The van der Waals surface area contributed by atoms with Crippen molar-refractivity contribution in [1.29, 1.82) is 0 Å². The molecule has 0 aliphatic rings. The largest absolute Gasteiger partial charge is 0.352 e. The Hall–Kier alpha value is -3.03. The fraction of sp³-hybridized carbons (Fsp3) is 0.353. The van der Waals surface area contributed by atoms with Crippen molar-refractivity contribution in [3.63, 3.8) is 0 Å². The predicted molar refractivity (Wildman–Crippen MR) is 92.8 cm³/mol. The smallest absolute Gasteiger partial charge is 0.251 e. The molecule has 1 amide bonds. The van der Waals surface area contributed by atoms with Crippen LogP contribution in [0, 0.1) is 0 Å². The SMILES string of the molecule is CC(C)n1nnnc1-c1cccc(C(=O)NCCCn2cccn2)c1. The molecule has 0 radical (unpaired) electrons. The number of rotatable bonds is 7. The van der Waals surface area contributed by atoms with Gasteiger partial charge >= 0.3 is 0 Å². The van der Waals surface area contributed by atoms with Gasteiger partial charge in [-0.1, -0.05) is 12.1 Å². The van der Waals surface area contributed by atoms with Crippen LogP contribution >= 0.6 is 0 Å². The summed E-state index contributed by atoms with van der Waals surface area (Å²) < 4.78 is 3.58. The molecule has 2 heterocycles. The van der Waals surface area contributed by atoms with E-state index in [1.807, 2.05) is 49.0 Å². The fourth-order valence-corrected chi connectivity index (χ4v) is 2.51. The maximum atomic E-state index is 12.4. The van der Waals surface area contributed by atoms with Crippen LogP contribution in [0.3, 0.4) is 0 Å². The molecular weight excluding hydrogens is 318 g/mol. The molecule has 3 rings (SSSR count). The highest BCUT2D eigenvalue weighted by Gasteiger charge is 2.13. The lowest BCUT2D eigenvalue weighted by atomic mass is 10.1. The molecule has 0 saturated carbocycles. The van der Waals surface area contributed by atoms with Gasteiger partial charge in [0.25, 0.3) is 5.91 Å². The van der Waals surface area contributed by atoms with Crippen molar-refractivity contribution in [3.05, 3.63) is 48.3 Å². The van der Waals surface area contributed by atoms with Gasteiger partial charge < -0.3 is 5.32 Å². The van der Waals surface area contributed by atoms with Crippen LogP contribution < -0.4 is 5.32 Å². The summed E-state index contributed by atoms with van der Waals surface area (Å²) in [5.41, 5.74) is 1.41. The number of benzene rings is 1. The molecule has 3 aromatic rings. The molecule has 1 N–H and O–H groups in total. The summed E-state index contributed by atoms with van der Waals surface area (Å²) in [6, 6.07) is 9.37. The van der Waals surface area contributed by atoms with Gasteiger partial charge in [-0.25, -0.2) is 4.68 Å². The van der Waals surface area contributed by atoms with Crippen LogP contribution in [0.2, 0.25) is 0 Å². The molecule has 0 spiro atoms. The zero-order valence-corrected chi connectivity index (χ0v) is 14.3. The Bertz CT molecular complexity index is 823. The molecule has 8 heteroatoms. The second-order valence-corrected chi connectivity index (χ2v) is 6.00. The van der Waals surface area contributed by atoms with E-state index in [0.29, 0.717) is 17.9 Å². The Labute approximate surface area is 145 Å². The monoisotopic (exact) mass is 339 g/mol. The topological polar surface area (TPSA) is 90.5 Å². The summed E-state index contributed by atoms with van der Waals surface area (Å²) in [7, 11) is 0. The van der Waals surface area contributed by atoms with Crippen LogP contribution in [0.15, 0.2) is 42.7 Å². The van der Waals surface area contributed by atoms with E-state index in [-0.39, 0.29) is 11.9 Å². The highest BCUT2D eigenvalue weighted by molar-refractivity contribution is 5.95. The predicted octanol–water partition coefficient (Wildman–Crippen LogP) is 1.94. The number of carbonyl (C=O) groups excluding carboxylic acids is 1.